The number of piperidine rings is 1. The van der Waals surface area contributed by atoms with Crippen LogP contribution in [0.15, 0.2) is 40.1 Å². The molecular formula is C17H18F3N3O4S2. The van der Waals surface area contributed by atoms with Crippen LogP contribution in [0, 0.1) is 0 Å². The number of pyridine rings is 1. The van der Waals surface area contributed by atoms with E-state index >= 15 is 0 Å². The van der Waals surface area contributed by atoms with Gasteiger partial charge in [-0.3, -0.25) is 4.79 Å². The van der Waals surface area contributed by atoms with Gasteiger partial charge in [0.15, 0.2) is 6.61 Å². The van der Waals surface area contributed by atoms with Gasteiger partial charge in [0, 0.05) is 25.3 Å². The number of amides is 1. The lowest BCUT2D eigenvalue weighted by Crippen LogP contribution is -2.46. The number of halogens is 3. The van der Waals surface area contributed by atoms with Crippen LogP contribution in [0.4, 0.5) is 13.2 Å². The van der Waals surface area contributed by atoms with Crippen molar-refractivity contribution in [1.82, 2.24) is 14.6 Å². The van der Waals surface area contributed by atoms with E-state index in [0.29, 0.717) is 12.8 Å². The smallest absolute Gasteiger partial charge is 0.422 e. The molecule has 1 saturated heterocycles. The van der Waals surface area contributed by atoms with Crippen LogP contribution in [0.3, 0.4) is 0 Å². The van der Waals surface area contributed by atoms with Gasteiger partial charge in [0.05, 0.1) is 0 Å². The second-order valence-corrected chi connectivity index (χ2v) is 9.27. The highest BCUT2D eigenvalue weighted by atomic mass is 32.2. The van der Waals surface area contributed by atoms with Gasteiger partial charge in [-0.1, -0.05) is 6.07 Å². The van der Waals surface area contributed by atoms with Crippen LogP contribution < -0.4 is 9.46 Å². The minimum Gasteiger partial charge on any atom is -0.467 e. The number of rotatable bonds is 6. The quantitative estimate of drug-likeness (QED) is 0.733. The van der Waals surface area contributed by atoms with E-state index < -0.39 is 28.7 Å². The van der Waals surface area contributed by atoms with Crippen molar-refractivity contribution in [3.63, 3.8) is 0 Å². The third kappa shape index (κ3) is 5.67. The van der Waals surface area contributed by atoms with E-state index in [1.54, 1.807) is 11.4 Å². The van der Waals surface area contributed by atoms with Gasteiger partial charge in [-0.25, -0.2) is 18.1 Å². The summed E-state index contributed by atoms with van der Waals surface area (Å²) in [7, 11) is -3.61. The number of carbonyl (C=O) groups excluding carboxylic acids is 1. The molecule has 12 heteroatoms. The van der Waals surface area contributed by atoms with Crippen LogP contribution in [0.25, 0.3) is 0 Å². The molecule has 0 radical (unpaired) electrons. The lowest BCUT2D eigenvalue weighted by molar-refractivity contribution is -0.154. The topological polar surface area (TPSA) is 88.6 Å². The fourth-order valence-electron chi connectivity index (χ4n) is 2.88. The Labute approximate surface area is 169 Å². The van der Waals surface area contributed by atoms with Crippen molar-refractivity contribution in [2.45, 2.75) is 29.3 Å². The minimum atomic E-state index is -4.55. The third-order valence-electron chi connectivity index (χ3n) is 4.24. The van der Waals surface area contributed by atoms with E-state index in [1.165, 1.54) is 29.3 Å². The zero-order chi connectivity index (χ0) is 21.1. The molecule has 0 spiro atoms. The van der Waals surface area contributed by atoms with E-state index in [0.717, 1.165) is 11.3 Å². The van der Waals surface area contributed by atoms with Crippen LogP contribution >= 0.6 is 11.3 Å². The molecular weight excluding hydrogens is 431 g/mol. The molecule has 1 amide bonds. The molecule has 7 nitrogen and oxygen atoms in total. The Balaban J connectivity index is 1.61. The van der Waals surface area contributed by atoms with Gasteiger partial charge in [-0.2, -0.15) is 13.2 Å². The van der Waals surface area contributed by atoms with Crippen LogP contribution in [0.2, 0.25) is 0 Å². The molecule has 2 aromatic heterocycles. The summed E-state index contributed by atoms with van der Waals surface area (Å²) in [6.07, 6.45) is -2.53. The zero-order valence-corrected chi connectivity index (χ0v) is 16.7. The molecule has 0 unspecified atom stereocenters. The highest BCUT2D eigenvalue weighted by molar-refractivity contribution is 7.91. The Morgan fingerprint density at radius 3 is 2.62 bits per heavy atom. The van der Waals surface area contributed by atoms with Crippen molar-refractivity contribution >= 4 is 27.3 Å². The molecule has 1 fully saturated rings. The standard InChI is InChI=1S/C17H18F3N3O4S2/c18-17(19,20)11-27-15-13(3-1-7-21-15)16(24)23-8-5-12(6-9-23)22-29(25,26)14-4-2-10-28-14/h1-4,7,10,12,22H,5-6,8-9,11H2. The van der Waals surface area contributed by atoms with Crippen molar-refractivity contribution in [2.24, 2.45) is 0 Å². The lowest BCUT2D eigenvalue weighted by Gasteiger charge is -2.32. The number of hydrogen-bond acceptors (Lipinski definition) is 6. The summed E-state index contributed by atoms with van der Waals surface area (Å²) < 4.78 is 69.3. The molecule has 1 N–H and O–H groups in total. The summed E-state index contributed by atoms with van der Waals surface area (Å²) in [6.45, 7) is -1.04. The molecule has 3 rings (SSSR count). The fraction of sp³-hybridized carbons (Fsp3) is 0.412. The second-order valence-electron chi connectivity index (χ2n) is 6.38. The van der Waals surface area contributed by atoms with E-state index in [9.17, 15) is 26.4 Å². The van der Waals surface area contributed by atoms with E-state index in [4.69, 9.17) is 0 Å². The van der Waals surface area contributed by atoms with Gasteiger partial charge in [0.1, 0.15) is 9.77 Å². The van der Waals surface area contributed by atoms with Gasteiger partial charge in [0.2, 0.25) is 15.9 Å². The molecule has 0 saturated carbocycles. The summed E-state index contributed by atoms with van der Waals surface area (Å²) in [6, 6.07) is 5.62. The first-order valence-corrected chi connectivity index (χ1v) is 11.0. The average Bonchev–Trinajstić information content (AvgIpc) is 3.22. The summed E-state index contributed by atoms with van der Waals surface area (Å²) >= 11 is 1.11. The van der Waals surface area contributed by atoms with Crippen LogP contribution in [-0.4, -0.2) is 56.1 Å². The Hall–Kier alpha value is -2.18. The van der Waals surface area contributed by atoms with Crippen LogP contribution in [0.5, 0.6) is 5.88 Å². The van der Waals surface area contributed by atoms with Gasteiger partial charge in [-0.15, -0.1) is 11.3 Å². The number of aromatic nitrogens is 1. The monoisotopic (exact) mass is 449 g/mol. The SMILES string of the molecule is O=C(c1cccnc1OCC(F)(F)F)N1CCC(NS(=O)(=O)c2cccs2)CC1. The number of sulfonamides is 1. The Morgan fingerprint density at radius 1 is 1.28 bits per heavy atom. The van der Waals surface area contributed by atoms with E-state index in [1.807, 2.05) is 0 Å². The molecule has 2 aromatic rings. The van der Waals surface area contributed by atoms with E-state index in [2.05, 4.69) is 14.4 Å². The number of alkyl halides is 3. The van der Waals surface area contributed by atoms with Crippen molar-refractivity contribution < 1.29 is 31.1 Å². The van der Waals surface area contributed by atoms with Gasteiger partial charge >= 0.3 is 6.18 Å². The molecule has 0 bridgehead atoms. The maximum atomic E-state index is 12.7. The molecule has 158 valence electrons. The van der Waals surface area contributed by atoms with Gasteiger partial charge in [-0.05, 0) is 36.4 Å². The first-order valence-electron chi connectivity index (χ1n) is 8.65. The van der Waals surface area contributed by atoms with Gasteiger partial charge in [0.25, 0.3) is 5.91 Å². The summed E-state index contributed by atoms with van der Waals surface area (Å²) in [5, 5.41) is 1.67. The van der Waals surface area contributed by atoms with Crippen molar-refractivity contribution in [3.05, 3.63) is 41.4 Å². The van der Waals surface area contributed by atoms with Crippen molar-refractivity contribution in [3.8, 4) is 5.88 Å². The number of ether oxygens (including phenoxy) is 1. The predicted molar refractivity (Wildman–Crippen MR) is 99.4 cm³/mol. The van der Waals surface area contributed by atoms with Crippen molar-refractivity contribution in [2.75, 3.05) is 19.7 Å². The first kappa shape index (κ1) is 21.5. The maximum absolute atomic E-state index is 12.7. The Kier molecular flexibility index (Phi) is 6.44. The minimum absolute atomic E-state index is 0.0608. The number of likely N-dealkylation sites (tertiary alicyclic amines) is 1. The van der Waals surface area contributed by atoms with Crippen LogP contribution in [-0.2, 0) is 10.0 Å². The van der Waals surface area contributed by atoms with Gasteiger partial charge < -0.3 is 9.64 Å². The summed E-state index contributed by atoms with van der Waals surface area (Å²) in [5.74, 6) is -0.884. The molecule has 1 aliphatic heterocycles. The third-order valence-corrected chi connectivity index (χ3v) is 7.16. The number of hydrogen-bond donors (Lipinski definition) is 1. The first-order chi connectivity index (χ1) is 13.7. The fourth-order valence-corrected chi connectivity index (χ4v) is 5.20. The lowest BCUT2D eigenvalue weighted by atomic mass is 10.1. The summed E-state index contributed by atoms with van der Waals surface area (Å²) in [4.78, 5) is 17.9. The molecule has 29 heavy (non-hydrogen) atoms. The largest absolute Gasteiger partial charge is 0.467 e. The number of nitrogens with one attached hydrogen (secondary N) is 1. The molecule has 0 atom stereocenters. The predicted octanol–water partition coefficient (Wildman–Crippen LogP) is 2.67. The Morgan fingerprint density at radius 2 is 2.00 bits per heavy atom. The highest BCUT2D eigenvalue weighted by Gasteiger charge is 2.31. The van der Waals surface area contributed by atoms with Crippen LogP contribution in [0.1, 0.15) is 23.2 Å². The zero-order valence-electron chi connectivity index (χ0n) is 15.1. The maximum Gasteiger partial charge on any atom is 0.422 e. The average molecular weight is 449 g/mol. The number of carbonyl (C=O) groups is 1. The van der Waals surface area contributed by atoms with Crippen molar-refractivity contribution in [1.29, 1.82) is 0 Å². The molecule has 3 heterocycles. The molecule has 1 aliphatic rings. The number of thiophene rings is 1. The Bertz CT molecular complexity index is 941. The molecule has 0 aromatic carbocycles. The molecule has 0 aliphatic carbocycles. The number of nitrogens with zero attached hydrogens (tertiary/aromatic N) is 2. The second kappa shape index (κ2) is 8.67. The normalized spacial score (nSPS) is 16.0. The summed E-state index contributed by atoms with van der Waals surface area (Å²) in [5.41, 5.74) is -0.0608. The van der Waals surface area contributed by atoms with E-state index in [-0.39, 0.29) is 34.8 Å². The highest BCUT2D eigenvalue weighted by Crippen LogP contribution is 2.23.